The van der Waals surface area contributed by atoms with E-state index in [4.69, 9.17) is 5.11 Å². The topological polar surface area (TPSA) is 55.1 Å². The summed E-state index contributed by atoms with van der Waals surface area (Å²) >= 11 is 0. The van der Waals surface area contributed by atoms with E-state index < -0.39 is 0 Å². The highest BCUT2D eigenvalue weighted by atomic mass is 16.2. The van der Waals surface area contributed by atoms with E-state index in [0.717, 1.165) is 17.3 Å². The van der Waals surface area contributed by atoms with Crippen molar-refractivity contribution < 1.29 is 9.90 Å². The Morgan fingerprint density at radius 1 is 1.40 bits per heavy atom. The van der Waals surface area contributed by atoms with E-state index in [2.05, 4.69) is 4.98 Å². The molecule has 4 heteroatoms. The van der Waals surface area contributed by atoms with E-state index in [-0.39, 0.29) is 12.3 Å². The highest BCUT2D eigenvalue weighted by molar-refractivity contribution is 6.22. The zero-order chi connectivity index (χ0) is 10.4. The molecule has 0 amide bonds. The lowest BCUT2D eigenvalue weighted by Crippen LogP contribution is -1.98. The number of nitrogens with zero attached hydrogens (tertiary/aromatic N) is 2. The molecule has 0 saturated carbocycles. The van der Waals surface area contributed by atoms with Crippen molar-refractivity contribution in [2.75, 3.05) is 0 Å². The SMILES string of the molecule is O=C1Cn2c(nc3ccccc32)C1=CO. The van der Waals surface area contributed by atoms with E-state index in [9.17, 15) is 4.79 Å². The number of rotatable bonds is 0. The Labute approximate surface area is 85.5 Å². The maximum absolute atomic E-state index is 11.5. The van der Waals surface area contributed by atoms with Crippen molar-refractivity contribution in [3.05, 3.63) is 36.4 Å². The molecule has 0 aliphatic carbocycles. The number of fused-ring (bicyclic) bond motifs is 3. The minimum absolute atomic E-state index is 0.0919. The highest BCUT2D eigenvalue weighted by Crippen LogP contribution is 2.27. The molecule has 1 aromatic carbocycles. The average molecular weight is 200 g/mol. The molecule has 1 aromatic heterocycles. The predicted molar refractivity (Wildman–Crippen MR) is 55.3 cm³/mol. The standard InChI is InChI=1S/C11H8N2O2/c14-6-7-10(15)5-13-9-4-2-1-3-8(9)12-11(7)13/h1-4,6,14H,5H2. The number of hydrogen-bond acceptors (Lipinski definition) is 3. The van der Waals surface area contributed by atoms with Gasteiger partial charge >= 0.3 is 0 Å². The normalized spacial score (nSPS) is 17.6. The van der Waals surface area contributed by atoms with E-state index in [0.29, 0.717) is 11.4 Å². The quantitative estimate of drug-likeness (QED) is 0.518. The fourth-order valence-electron chi connectivity index (χ4n) is 1.92. The summed E-state index contributed by atoms with van der Waals surface area (Å²) in [6, 6.07) is 7.61. The van der Waals surface area contributed by atoms with Gasteiger partial charge in [0.25, 0.3) is 0 Å². The van der Waals surface area contributed by atoms with Crippen molar-refractivity contribution in [2.24, 2.45) is 0 Å². The Morgan fingerprint density at radius 3 is 3.00 bits per heavy atom. The maximum Gasteiger partial charge on any atom is 0.189 e. The van der Waals surface area contributed by atoms with Crippen LogP contribution in [0.3, 0.4) is 0 Å². The van der Waals surface area contributed by atoms with Gasteiger partial charge in [-0.15, -0.1) is 0 Å². The molecule has 0 atom stereocenters. The van der Waals surface area contributed by atoms with Crippen LogP contribution in [0.5, 0.6) is 0 Å². The minimum Gasteiger partial charge on any atom is -0.515 e. The first-order valence-electron chi connectivity index (χ1n) is 4.64. The van der Waals surface area contributed by atoms with Crippen molar-refractivity contribution in [2.45, 2.75) is 6.54 Å². The van der Waals surface area contributed by atoms with E-state index in [1.807, 2.05) is 28.8 Å². The summed E-state index contributed by atoms with van der Waals surface area (Å²) in [5.74, 6) is 0.467. The van der Waals surface area contributed by atoms with Crippen LogP contribution in [0.15, 0.2) is 30.5 Å². The van der Waals surface area contributed by atoms with Crippen LogP contribution in [-0.2, 0) is 11.3 Å². The number of para-hydroxylation sites is 2. The molecular formula is C11H8N2O2. The van der Waals surface area contributed by atoms with E-state index in [1.54, 1.807) is 0 Å². The molecule has 1 N–H and O–H groups in total. The Bertz CT molecular complexity index is 596. The third-order valence-corrected chi connectivity index (χ3v) is 2.63. The van der Waals surface area contributed by atoms with Crippen LogP contribution in [0.2, 0.25) is 0 Å². The number of carbonyl (C=O) groups is 1. The number of aliphatic hydroxyl groups is 1. The van der Waals surface area contributed by atoms with Gasteiger partial charge in [0.15, 0.2) is 5.78 Å². The van der Waals surface area contributed by atoms with Crippen molar-refractivity contribution in [1.29, 1.82) is 0 Å². The Hall–Kier alpha value is -2.10. The van der Waals surface area contributed by atoms with Crippen LogP contribution >= 0.6 is 0 Å². The molecule has 1 aliphatic heterocycles. The average Bonchev–Trinajstić information content (AvgIpc) is 2.72. The summed E-state index contributed by atoms with van der Waals surface area (Å²) in [5, 5.41) is 8.97. The van der Waals surface area contributed by atoms with Gasteiger partial charge in [-0.1, -0.05) is 12.1 Å². The van der Waals surface area contributed by atoms with Crippen molar-refractivity contribution >= 4 is 22.4 Å². The molecule has 0 saturated heterocycles. The second kappa shape index (κ2) is 2.70. The molecule has 4 nitrogen and oxygen atoms in total. The Morgan fingerprint density at radius 2 is 2.20 bits per heavy atom. The van der Waals surface area contributed by atoms with Crippen LogP contribution in [-0.4, -0.2) is 20.4 Å². The zero-order valence-corrected chi connectivity index (χ0v) is 7.84. The van der Waals surface area contributed by atoms with Crippen molar-refractivity contribution in [1.82, 2.24) is 9.55 Å². The van der Waals surface area contributed by atoms with Gasteiger partial charge in [-0.05, 0) is 12.1 Å². The molecule has 0 spiro atoms. The van der Waals surface area contributed by atoms with Crippen LogP contribution in [0.4, 0.5) is 0 Å². The number of imidazole rings is 1. The molecule has 1 aliphatic rings. The molecule has 0 radical (unpaired) electrons. The lowest BCUT2D eigenvalue weighted by Gasteiger charge is -1.94. The number of carbonyl (C=O) groups excluding carboxylic acids is 1. The summed E-state index contributed by atoms with van der Waals surface area (Å²) in [7, 11) is 0. The summed E-state index contributed by atoms with van der Waals surface area (Å²) in [5.41, 5.74) is 2.07. The fraction of sp³-hybridized carbons (Fsp3) is 0.0909. The van der Waals surface area contributed by atoms with Gasteiger partial charge in [-0.3, -0.25) is 4.79 Å². The molecular weight excluding hydrogens is 192 g/mol. The molecule has 74 valence electrons. The predicted octanol–water partition coefficient (Wildman–Crippen LogP) is 1.52. The number of benzene rings is 1. The lowest BCUT2D eigenvalue weighted by atomic mass is 10.2. The van der Waals surface area contributed by atoms with Gasteiger partial charge in [0.05, 0.1) is 29.4 Å². The van der Waals surface area contributed by atoms with Gasteiger partial charge in [-0.2, -0.15) is 0 Å². The van der Waals surface area contributed by atoms with E-state index in [1.165, 1.54) is 0 Å². The van der Waals surface area contributed by atoms with Gasteiger partial charge < -0.3 is 9.67 Å². The summed E-state index contributed by atoms with van der Waals surface area (Å²) in [6.07, 6.45) is 0.840. The third kappa shape index (κ3) is 0.958. The number of Topliss-reactive ketones (excluding diaryl/α,β-unsaturated/α-hetero) is 1. The third-order valence-electron chi connectivity index (χ3n) is 2.63. The number of aliphatic hydroxyl groups excluding tert-OH is 1. The zero-order valence-electron chi connectivity index (χ0n) is 7.84. The Kier molecular flexibility index (Phi) is 1.48. The number of ketones is 1. The first-order chi connectivity index (χ1) is 7.31. The molecule has 2 heterocycles. The summed E-state index contributed by atoms with van der Waals surface area (Å²) < 4.78 is 1.82. The highest BCUT2D eigenvalue weighted by Gasteiger charge is 2.28. The van der Waals surface area contributed by atoms with Crippen molar-refractivity contribution in [3.63, 3.8) is 0 Å². The molecule has 0 fully saturated rings. The van der Waals surface area contributed by atoms with Crippen LogP contribution < -0.4 is 0 Å². The number of allylic oxidation sites excluding steroid dienone is 1. The summed E-state index contributed by atoms with van der Waals surface area (Å²) in [4.78, 5) is 15.8. The van der Waals surface area contributed by atoms with Gasteiger partial charge in [0.1, 0.15) is 5.82 Å². The van der Waals surface area contributed by atoms with Crippen LogP contribution in [0.1, 0.15) is 5.82 Å². The molecule has 15 heavy (non-hydrogen) atoms. The van der Waals surface area contributed by atoms with Crippen molar-refractivity contribution in [3.8, 4) is 0 Å². The molecule has 3 rings (SSSR count). The smallest absolute Gasteiger partial charge is 0.189 e. The maximum atomic E-state index is 11.5. The largest absolute Gasteiger partial charge is 0.515 e. The summed E-state index contributed by atoms with van der Waals surface area (Å²) in [6.45, 7) is 0.266. The second-order valence-electron chi connectivity index (χ2n) is 3.48. The van der Waals surface area contributed by atoms with E-state index >= 15 is 0 Å². The van der Waals surface area contributed by atoms with Gasteiger partial charge in [0, 0.05) is 0 Å². The second-order valence-corrected chi connectivity index (χ2v) is 3.48. The van der Waals surface area contributed by atoms with Gasteiger partial charge in [-0.25, -0.2) is 4.98 Å². The first-order valence-corrected chi connectivity index (χ1v) is 4.64. The fourth-order valence-corrected chi connectivity index (χ4v) is 1.92. The molecule has 0 bridgehead atoms. The van der Waals surface area contributed by atoms with Crippen LogP contribution in [0.25, 0.3) is 16.6 Å². The first kappa shape index (κ1) is 8.23. The molecule has 2 aromatic rings. The number of aromatic nitrogens is 2. The van der Waals surface area contributed by atoms with Crippen LogP contribution in [0, 0.1) is 0 Å². The number of hydrogen-bond donors (Lipinski definition) is 1. The lowest BCUT2D eigenvalue weighted by molar-refractivity contribution is -0.113. The molecule has 0 unspecified atom stereocenters. The van der Waals surface area contributed by atoms with Gasteiger partial charge in [0.2, 0.25) is 0 Å². The minimum atomic E-state index is -0.0919. The monoisotopic (exact) mass is 200 g/mol. The Balaban J connectivity index is 2.38.